The summed E-state index contributed by atoms with van der Waals surface area (Å²) in [6.07, 6.45) is -2.62. The van der Waals surface area contributed by atoms with Crippen LogP contribution in [0.5, 0.6) is 5.88 Å². The first kappa shape index (κ1) is 9.85. The fraction of sp³-hybridized carbons (Fsp3) is 0.375. The molecule has 0 radical (unpaired) electrons. The lowest BCUT2D eigenvalue weighted by molar-refractivity contribution is 0.145. The zero-order valence-electron chi connectivity index (χ0n) is 7.00. The molecule has 0 saturated heterocycles. The van der Waals surface area contributed by atoms with E-state index >= 15 is 0 Å². The van der Waals surface area contributed by atoms with E-state index in [1.807, 2.05) is 0 Å². The molecule has 0 unspecified atom stereocenters. The molecule has 1 heterocycles. The van der Waals surface area contributed by atoms with Crippen molar-refractivity contribution in [2.24, 2.45) is 0 Å². The SMILES string of the molecule is COc1nc(CO)ccc1C(F)F. The number of rotatable bonds is 3. The van der Waals surface area contributed by atoms with E-state index in [1.165, 1.54) is 19.2 Å². The van der Waals surface area contributed by atoms with E-state index in [2.05, 4.69) is 9.72 Å². The molecule has 0 bridgehead atoms. The van der Waals surface area contributed by atoms with E-state index < -0.39 is 6.43 Å². The van der Waals surface area contributed by atoms with Crippen LogP contribution in [0.1, 0.15) is 17.7 Å². The van der Waals surface area contributed by atoms with Crippen molar-refractivity contribution >= 4 is 0 Å². The molecule has 0 aliphatic rings. The van der Waals surface area contributed by atoms with Crippen LogP contribution in [0.3, 0.4) is 0 Å². The van der Waals surface area contributed by atoms with E-state index in [4.69, 9.17) is 5.11 Å². The lowest BCUT2D eigenvalue weighted by atomic mass is 10.2. The first-order valence-corrected chi connectivity index (χ1v) is 3.62. The van der Waals surface area contributed by atoms with Crippen molar-refractivity contribution in [2.45, 2.75) is 13.0 Å². The van der Waals surface area contributed by atoms with Crippen LogP contribution in [-0.4, -0.2) is 17.2 Å². The molecule has 0 spiro atoms. The third kappa shape index (κ3) is 2.12. The van der Waals surface area contributed by atoms with Crippen LogP contribution in [0.15, 0.2) is 12.1 Å². The van der Waals surface area contributed by atoms with Crippen LogP contribution < -0.4 is 4.74 Å². The maximum Gasteiger partial charge on any atom is 0.269 e. The molecule has 0 aromatic carbocycles. The third-order valence-corrected chi connectivity index (χ3v) is 1.54. The maximum absolute atomic E-state index is 12.3. The second-order valence-corrected chi connectivity index (χ2v) is 2.36. The summed E-state index contributed by atoms with van der Waals surface area (Å²) in [5, 5.41) is 8.68. The van der Waals surface area contributed by atoms with Gasteiger partial charge in [-0.15, -0.1) is 0 Å². The smallest absolute Gasteiger partial charge is 0.269 e. The first-order chi connectivity index (χ1) is 6.19. The Morgan fingerprint density at radius 3 is 2.69 bits per heavy atom. The van der Waals surface area contributed by atoms with Crippen molar-refractivity contribution in [3.8, 4) is 5.88 Å². The number of halogens is 2. The van der Waals surface area contributed by atoms with Crippen molar-refractivity contribution in [3.63, 3.8) is 0 Å². The van der Waals surface area contributed by atoms with Crippen LogP contribution in [0.2, 0.25) is 0 Å². The number of aliphatic hydroxyl groups excluding tert-OH is 1. The molecule has 1 aromatic rings. The number of nitrogens with zero attached hydrogens (tertiary/aromatic N) is 1. The number of ether oxygens (including phenoxy) is 1. The minimum atomic E-state index is -2.62. The number of hydrogen-bond donors (Lipinski definition) is 1. The van der Waals surface area contributed by atoms with Crippen LogP contribution in [0.4, 0.5) is 8.78 Å². The number of aromatic nitrogens is 1. The lowest BCUT2D eigenvalue weighted by Gasteiger charge is -2.07. The van der Waals surface area contributed by atoms with Gasteiger partial charge >= 0.3 is 0 Å². The zero-order chi connectivity index (χ0) is 9.84. The summed E-state index contributed by atoms with van der Waals surface area (Å²) in [5.74, 6) is -0.137. The molecule has 13 heavy (non-hydrogen) atoms. The van der Waals surface area contributed by atoms with E-state index in [9.17, 15) is 8.78 Å². The molecule has 3 nitrogen and oxygen atoms in total. The minimum Gasteiger partial charge on any atom is -0.481 e. The van der Waals surface area contributed by atoms with E-state index in [-0.39, 0.29) is 18.1 Å². The Labute approximate surface area is 74.0 Å². The Balaban J connectivity index is 3.08. The summed E-state index contributed by atoms with van der Waals surface area (Å²) in [7, 11) is 1.26. The highest BCUT2D eigenvalue weighted by Crippen LogP contribution is 2.26. The van der Waals surface area contributed by atoms with Gasteiger partial charge in [0.15, 0.2) is 0 Å². The Hall–Kier alpha value is -1.23. The summed E-state index contributed by atoms with van der Waals surface area (Å²) in [4.78, 5) is 3.68. The second kappa shape index (κ2) is 4.13. The first-order valence-electron chi connectivity index (χ1n) is 3.62. The highest BCUT2D eigenvalue weighted by atomic mass is 19.3. The van der Waals surface area contributed by atoms with Gasteiger partial charge in [-0.2, -0.15) is 0 Å². The highest BCUT2D eigenvalue weighted by molar-refractivity contribution is 5.29. The molecular weight excluding hydrogens is 180 g/mol. The minimum absolute atomic E-state index is 0.137. The summed E-state index contributed by atoms with van der Waals surface area (Å²) < 4.78 is 29.2. The molecular formula is C8H9F2NO2. The number of alkyl halides is 2. The van der Waals surface area contributed by atoms with Crippen LogP contribution in [0, 0.1) is 0 Å². The number of aliphatic hydroxyl groups is 1. The second-order valence-electron chi connectivity index (χ2n) is 2.36. The maximum atomic E-state index is 12.3. The number of methoxy groups -OCH3 is 1. The van der Waals surface area contributed by atoms with Gasteiger partial charge in [0.05, 0.1) is 25.0 Å². The molecule has 5 heteroatoms. The fourth-order valence-corrected chi connectivity index (χ4v) is 0.907. The Morgan fingerprint density at radius 2 is 2.23 bits per heavy atom. The summed E-state index contributed by atoms with van der Waals surface area (Å²) in [5.41, 5.74) is 0.0425. The summed E-state index contributed by atoms with van der Waals surface area (Å²) in [6, 6.07) is 2.53. The molecule has 1 rings (SSSR count). The lowest BCUT2D eigenvalue weighted by Crippen LogP contribution is -1.98. The highest BCUT2D eigenvalue weighted by Gasteiger charge is 2.14. The van der Waals surface area contributed by atoms with Gasteiger partial charge in [0, 0.05) is 0 Å². The van der Waals surface area contributed by atoms with Gasteiger partial charge in [-0.1, -0.05) is 0 Å². The predicted molar refractivity (Wildman–Crippen MR) is 41.7 cm³/mol. The molecule has 0 amide bonds. The van der Waals surface area contributed by atoms with Crippen LogP contribution in [-0.2, 0) is 6.61 Å². The molecule has 0 saturated carbocycles. The third-order valence-electron chi connectivity index (χ3n) is 1.54. The topological polar surface area (TPSA) is 42.4 Å². The predicted octanol–water partition coefficient (Wildman–Crippen LogP) is 1.52. The monoisotopic (exact) mass is 189 g/mol. The molecule has 0 fully saturated rings. The molecule has 0 aliphatic heterocycles. The van der Waals surface area contributed by atoms with Crippen molar-refractivity contribution in [3.05, 3.63) is 23.4 Å². The average molecular weight is 189 g/mol. The Kier molecular flexibility index (Phi) is 3.13. The van der Waals surface area contributed by atoms with Gasteiger partial charge in [-0.25, -0.2) is 13.8 Å². The van der Waals surface area contributed by atoms with Gasteiger partial charge in [0.1, 0.15) is 0 Å². The average Bonchev–Trinajstić information content (AvgIpc) is 2.16. The van der Waals surface area contributed by atoms with Crippen LogP contribution in [0.25, 0.3) is 0 Å². The van der Waals surface area contributed by atoms with Gasteiger partial charge in [-0.05, 0) is 12.1 Å². The summed E-state index contributed by atoms with van der Waals surface area (Å²) >= 11 is 0. The summed E-state index contributed by atoms with van der Waals surface area (Å²) in [6.45, 7) is -0.292. The molecule has 0 atom stereocenters. The Bertz CT molecular complexity index is 291. The normalized spacial score (nSPS) is 10.5. The quantitative estimate of drug-likeness (QED) is 0.783. The van der Waals surface area contributed by atoms with Crippen molar-refractivity contribution in [1.82, 2.24) is 4.98 Å². The van der Waals surface area contributed by atoms with E-state index in [1.54, 1.807) is 0 Å². The largest absolute Gasteiger partial charge is 0.481 e. The fourth-order valence-electron chi connectivity index (χ4n) is 0.907. The van der Waals surface area contributed by atoms with Gasteiger partial charge in [-0.3, -0.25) is 0 Å². The number of pyridine rings is 1. The Morgan fingerprint density at radius 1 is 1.54 bits per heavy atom. The molecule has 1 N–H and O–H groups in total. The van der Waals surface area contributed by atoms with Crippen molar-refractivity contribution in [1.29, 1.82) is 0 Å². The van der Waals surface area contributed by atoms with Crippen molar-refractivity contribution < 1.29 is 18.6 Å². The van der Waals surface area contributed by atoms with Gasteiger partial charge in [0.25, 0.3) is 6.43 Å². The van der Waals surface area contributed by atoms with E-state index in [0.717, 1.165) is 0 Å². The zero-order valence-corrected chi connectivity index (χ0v) is 7.00. The molecule has 0 aliphatic carbocycles. The van der Waals surface area contributed by atoms with Crippen molar-refractivity contribution in [2.75, 3.05) is 7.11 Å². The van der Waals surface area contributed by atoms with Gasteiger partial charge in [0.2, 0.25) is 5.88 Å². The standard InChI is InChI=1S/C8H9F2NO2/c1-13-8-6(7(9)10)3-2-5(4-12)11-8/h2-3,7,12H,4H2,1H3. The number of hydrogen-bond acceptors (Lipinski definition) is 3. The molecule has 1 aromatic heterocycles. The van der Waals surface area contributed by atoms with Gasteiger partial charge < -0.3 is 9.84 Å². The van der Waals surface area contributed by atoms with Crippen LogP contribution >= 0.6 is 0 Å². The molecule has 72 valence electrons. The van der Waals surface area contributed by atoms with E-state index in [0.29, 0.717) is 5.69 Å².